The molecule has 2 heterocycles. The van der Waals surface area contributed by atoms with Crippen molar-refractivity contribution in [1.29, 1.82) is 0 Å². The third-order valence-electron chi connectivity index (χ3n) is 4.64. The van der Waals surface area contributed by atoms with E-state index in [-0.39, 0.29) is 0 Å². The quantitative estimate of drug-likeness (QED) is 0.912. The highest BCUT2D eigenvalue weighted by Gasteiger charge is 2.27. The van der Waals surface area contributed by atoms with Crippen molar-refractivity contribution in [3.8, 4) is 0 Å². The molecular formula is C17H27N3. The lowest BCUT2D eigenvalue weighted by Gasteiger charge is -2.27. The lowest BCUT2D eigenvalue weighted by atomic mass is 10.0. The van der Waals surface area contributed by atoms with Crippen LogP contribution in [0.1, 0.15) is 37.8 Å². The molecule has 20 heavy (non-hydrogen) atoms. The van der Waals surface area contributed by atoms with Gasteiger partial charge in [-0.15, -0.1) is 0 Å². The van der Waals surface area contributed by atoms with Crippen LogP contribution in [0.4, 0.5) is 5.69 Å². The largest absolute Gasteiger partial charge is 0.368 e. The maximum atomic E-state index is 3.42. The number of rotatable bonds is 3. The van der Waals surface area contributed by atoms with Crippen LogP contribution >= 0.6 is 0 Å². The van der Waals surface area contributed by atoms with Gasteiger partial charge < -0.3 is 10.2 Å². The van der Waals surface area contributed by atoms with Crippen LogP contribution < -0.4 is 10.2 Å². The average molecular weight is 273 g/mol. The summed E-state index contributed by atoms with van der Waals surface area (Å²) < 4.78 is 0. The molecule has 1 aromatic rings. The number of hydrogen-bond donors (Lipinski definition) is 1. The number of anilines is 1. The highest BCUT2D eigenvalue weighted by atomic mass is 15.2. The molecule has 110 valence electrons. The number of nitrogens with zero attached hydrogens (tertiary/aromatic N) is 2. The second kappa shape index (κ2) is 5.74. The van der Waals surface area contributed by atoms with Gasteiger partial charge in [0.25, 0.3) is 0 Å². The summed E-state index contributed by atoms with van der Waals surface area (Å²) in [4.78, 5) is 5.09. The van der Waals surface area contributed by atoms with Gasteiger partial charge in [-0.25, -0.2) is 0 Å². The summed E-state index contributed by atoms with van der Waals surface area (Å²) in [7, 11) is 0. The molecule has 1 saturated heterocycles. The summed E-state index contributed by atoms with van der Waals surface area (Å²) >= 11 is 0. The molecule has 1 aromatic carbocycles. The molecule has 0 amide bonds. The third-order valence-corrected chi connectivity index (χ3v) is 4.64. The minimum Gasteiger partial charge on any atom is -0.368 e. The number of piperazine rings is 1. The van der Waals surface area contributed by atoms with Crippen molar-refractivity contribution < 1.29 is 0 Å². The second-order valence-corrected chi connectivity index (χ2v) is 6.57. The van der Waals surface area contributed by atoms with E-state index in [1.165, 1.54) is 30.9 Å². The smallest absolute Gasteiger partial charge is 0.0404 e. The fourth-order valence-electron chi connectivity index (χ4n) is 3.47. The zero-order valence-corrected chi connectivity index (χ0v) is 13.0. The molecule has 3 heteroatoms. The first-order chi connectivity index (χ1) is 9.65. The van der Waals surface area contributed by atoms with Crippen molar-refractivity contribution in [1.82, 2.24) is 10.2 Å². The molecule has 2 aliphatic rings. The van der Waals surface area contributed by atoms with E-state index in [2.05, 4.69) is 54.1 Å². The predicted molar refractivity (Wildman–Crippen MR) is 85.5 cm³/mol. The number of benzene rings is 1. The monoisotopic (exact) mass is 273 g/mol. The first-order valence-corrected chi connectivity index (χ1v) is 7.97. The normalized spacial score (nSPS) is 23.4. The Balaban J connectivity index is 1.77. The van der Waals surface area contributed by atoms with Crippen LogP contribution in [0, 0.1) is 0 Å². The molecule has 0 saturated carbocycles. The highest BCUT2D eigenvalue weighted by Crippen LogP contribution is 2.37. The molecule has 0 aromatic heterocycles. The minimum atomic E-state index is 0.595. The SMILES string of the molecule is CC1CN(C(C)C)c2ccc(CN3CCNCC3)cc21. The van der Waals surface area contributed by atoms with Crippen LogP contribution in [0.3, 0.4) is 0 Å². The summed E-state index contributed by atoms with van der Waals surface area (Å²) in [6.45, 7) is 13.8. The molecule has 0 bridgehead atoms. The van der Waals surface area contributed by atoms with Gasteiger partial charge in [-0.2, -0.15) is 0 Å². The molecule has 0 radical (unpaired) electrons. The Morgan fingerprint density at radius 1 is 1.25 bits per heavy atom. The van der Waals surface area contributed by atoms with Gasteiger partial charge in [-0.05, 0) is 31.0 Å². The lowest BCUT2D eigenvalue weighted by Crippen LogP contribution is -2.42. The van der Waals surface area contributed by atoms with Crippen molar-refractivity contribution in [3.05, 3.63) is 29.3 Å². The molecule has 1 fully saturated rings. The fraction of sp³-hybridized carbons (Fsp3) is 0.647. The number of hydrogen-bond acceptors (Lipinski definition) is 3. The summed E-state index contributed by atoms with van der Waals surface area (Å²) in [5.41, 5.74) is 4.48. The first kappa shape index (κ1) is 13.9. The molecule has 1 unspecified atom stereocenters. The molecule has 0 aliphatic carbocycles. The Morgan fingerprint density at radius 3 is 2.70 bits per heavy atom. The Kier molecular flexibility index (Phi) is 3.99. The van der Waals surface area contributed by atoms with Gasteiger partial charge in [0, 0.05) is 56.9 Å². The van der Waals surface area contributed by atoms with Gasteiger partial charge in [0.15, 0.2) is 0 Å². The summed E-state index contributed by atoms with van der Waals surface area (Å²) in [5.74, 6) is 0.662. The summed E-state index contributed by atoms with van der Waals surface area (Å²) in [6.07, 6.45) is 0. The Bertz CT molecular complexity index is 463. The van der Waals surface area contributed by atoms with E-state index in [9.17, 15) is 0 Å². The van der Waals surface area contributed by atoms with Crippen LogP contribution in [-0.4, -0.2) is 43.7 Å². The van der Waals surface area contributed by atoms with Crippen molar-refractivity contribution in [2.45, 2.75) is 39.3 Å². The van der Waals surface area contributed by atoms with Crippen LogP contribution in [0.5, 0.6) is 0 Å². The second-order valence-electron chi connectivity index (χ2n) is 6.57. The molecule has 3 rings (SSSR count). The van der Waals surface area contributed by atoms with Crippen LogP contribution in [-0.2, 0) is 6.54 Å². The van der Waals surface area contributed by atoms with Crippen molar-refractivity contribution >= 4 is 5.69 Å². The van der Waals surface area contributed by atoms with Gasteiger partial charge in [-0.3, -0.25) is 4.90 Å². The van der Waals surface area contributed by atoms with E-state index in [1.807, 2.05) is 0 Å². The van der Waals surface area contributed by atoms with E-state index >= 15 is 0 Å². The van der Waals surface area contributed by atoms with Gasteiger partial charge in [0.2, 0.25) is 0 Å². The Hall–Kier alpha value is -1.06. The number of fused-ring (bicyclic) bond motifs is 1. The van der Waals surface area contributed by atoms with Gasteiger partial charge in [0.1, 0.15) is 0 Å². The standard InChI is InChI=1S/C17H27N3/c1-13(2)20-11-14(3)16-10-15(4-5-17(16)20)12-19-8-6-18-7-9-19/h4-5,10,13-14,18H,6-9,11-12H2,1-3H3. The lowest BCUT2D eigenvalue weighted by molar-refractivity contribution is 0.233. The zero-order valence-electron chi connectivity index (χ0n) is 13.0. The molecular weight excluding hydrogens is 246 g/mol. The van der Waals surface area contributed by atoms with Crippen molar-refractivity contribution in [2.75, 3.05) is 37.6 Å². The molecule has 1 atom stereocenters. The molecule has 2 aliphatic heterocycles. The van der Waals surface area contributed by atoms with Crippen LogP contribution in [0.25, 0.3) is 0 Å². The Morgan fingerprint density at radius 2 is 2.00 bits per heavy atom. The van der Waals surface area contributed by atoms with E-state index < -0.39 is 0 Å². The van der Waals surface area contributed by atoms with Gasteiger partial charge in [0.05, 0.1) is 0 Å². The average Bonchev–Trinajstić information content (AvgIpc) is 2.77. The maximum Gasteiger partial charge on any atom is 0.0404 e. The highest BCUT2D eigenvalue weighted by molar-refractivity contribution is 5.61. The fourth-order valence-corrected chi connectivity index (χ4v) is 3.47. The molecule has 1 N–H and O–H groups in total. The number of nitrogens with one attached hydrogen (secondary N) is 1. The topological polar surface area (TPSA) is 18.5 Å². The maximum absolute atomic E-state index is 3.42. The minimum absolute atomic E-state index is 0.595. The van der Waals surface area contributed by atoms with Crippen molar-refractivity contribution in [3.63, 3.8) is 0 Å². The summed E-state index contributed by atoms with van der Waals surface area (Å²) in [6, 6.07) is 7.72. The molecule has 3 nitrogen and oxygen atoms in total. The molecule has 0 spiro atoms. The van der Waals surface area contributed by atoms with Crippen LogP contribution in [0.15, 0.2) is 18.2 Å². The van der Waals surface area contributed by atoms with E-state index in [4.69, 9.17) is 0 Å². The van der Waals surface area contributed by atoms with Crippen LogP contribution in [0.2, 0.25) is 0 Å². The van der Waals surface area contributed by atoms with E-state index in [0.717, 1.165) is 19.6 Å². The van der Waals surface area contributed by atoms with E-state index in [1.54, 1.807) is 5.56 Å². The third kappa shape index (κ3) is 2.70. The summed E-state index contributed by atoms with van der Waals surface area (Å²) in [5, 5.41) is 3.42. The zero-order chi connectivity index (χ0) is 14.1. The first-order valence-electron chi connectivity index (χ1n) is 7.97. The predicted octanol–water partition coefficient (Wildman–Crippen LogP) is 2.42. The van der Waals surface area contributed by atoms with E-state index in [0.29, 0.717) is 12.0 Å². The Labute approximate surface area is 123 Å². The van der Waals surface area contributed by atoms with Gasteiger partial charge >= 0.3 is 0 Å². The van der Waals surface area contributed by atoms with Gasteiger partial charge in [-0.1, -0.05) is 19.1 Å². The van der Waals surface area contributed by atoms with Crippen molar-refractivity contribution in [2.24, 2.45) is 0 Å².